The van der Waals surface area contributed by atoms with E-state index in [4.69, 9.17) is 11.6 Å². The van der Waals surface area contributed by atoms with Crippen LogP contribution in [0.1, 0.15) is 24.8 Å². The minimum Gasteiger partial charge on any atom is -0.374 e. The van der Waals surface area contributed by atoms with E-state index in [1.807, 2.05) is 0 Å². The van der Waals surface area contributed by atoms with Crippen molar-refractivity contribution >= 4 is 11.6 Å². The molecule has 0 aliphatic carbocycles. The quantitative estimate of drug-likeness (QED) is 0.787. The van der Waals surface area contributed by atoms with Crippen molar-refractivity contribution in [3.63, 3.8) is 0 Å². The smallest absolute Gasteiger partial charge is 0.0858 e. The van der Waals surface area contributed by atoms with Crippen molar-refractivity contribution in [1.82, 2.24) is 9.80 Å². The number of rotatable bonds is 3. The summed E-state index contributed by atoms with van der Waals surface area (Å²) in [6.07, 6.45) is 6.34. The number of likely N-dealkylation sites (tertiary alicyclic amines) is 1. The van der Waals surface area contributed by atoms with Crippen molar-refractivity contribution in [3.05, 3.63) is 47.7 Å². The first kappa shape index (κ1) is 14.0. The fraction of sp³-hybridized carbons (Fsp3) is 0.529. The Morgan fingerprint density at radius 1 is 1.05 bits per heavy atom. The van der Waals surface area contributed by atoms with Crippen molar-refractivity contribution in [2.45, 2.75) is 31.2 Å². The third-order valence-corrected chi connectivity index (χ3v) is 4.63. The zero-order chi connectivity index (χ0) is 13.8. The van der Waals surface area contributed by atoms with Crippen molar-refractivity contribution in [2.24, 2.45) is 0 Å². The van der Waals surface area contributed by atoms with E-state index in [1.54, 1.807) is 0 Å². The molecule has 0 aromatic heterocycles. The van der Waals surface area contributed by atoms with Crippen LogP contribution in [-0.2, 0) is 6.54 Å². The molecule has 2 nitrogen and oxygen atoms in total. The number of alkyl halides is 1. The molecule has 0 amide bonds. The highest BCUT2D eigenvalue weighted by Gasteiger charge is 2.25. The Kier molecular flexibility index (Phi) is 4.64. The van der Waals surface area contributed by atoms with E-state index >= 15 is 0 Å². The fourth-order valence-electron chi connectivity index (χ4n) is 3.20. The lowest BCUT2D eigenvalue weighted by Gasteiger charge is -2.38. The van der Waals surface area contributed by atoms with E-state index in [-0.39, 0.29) is 5.38 Å². The largest absolute Gasteiger partial charge is 0.374 e. The first-order chi connectivity index (χ1) is 9.83. The van der Waals surface area contributed by atoms with Crippen LogP contribution in [0.25, 0.3) is 0 Å². The van der Waals surface area contributed by atoms with Crippen LogP contribution < -0.4 is 0 Å². The monoisotopic (exact) mass is 290 g/mol. The van der Waals surface area contributed by atoms with Gasteiger partial charge < -0.3 is 4.90 Å². The van der Waals surface area contributed by atoms with Crippen LogP contribution in [0.2, 0.25) is 0 Å². The molecule has 1 aromatic carbocycles. The molecule has 108 valence electrons. The van der Waals surface area contributed by atoms with Gasteiger partial charge in [-0.25, -0.2) is 0 Å². The molecule has 1 aromatic rings. The number of hydrogen-bond donors (Lipinski definition) is 0. The lowest BCUT2D eigenvalue weighted by molar-refractivity contribution is 0.231. The molecule has 1 saturated heterocycles. The Morgan fingerprint density at radius 2 is 1.80 bits per heavy atom. The molecule has 3 rings (SSSR count). The normalized spacial score (nSPS) is 24.6. The van der Waals surface area contributed by atoms with E-state index in [9.17, 15) is 0 Å². The Balaban J connectivity index is 1.61. The molecular weight excluding hydrogens is 268 g/mol. The van der Waals surface area contributed by atoms with E-state index < -0.39 is 0 Å². The number of benzene rings is 1. The van der Waals surface area contributed by atoms with Gasteiger partial charge in [0, 0.05) is 38.4 Å². The SMILES string of the molecule is ClC1CN(Cc2ccccc2)CC=C1N1CCCCC1. The number of halogens is 1. The van der Waals surface area contributed by atoms with Crippen molar-refractivity contribution in [1.29, 1.82) is 0 Å². The molecule has 1 atom stereocenters. The summed E-state index contributed by atoms with van der Waals surface area (Å²) in [6, 6.07) is 10.7. The van der Waals surface area contributed by atoms with Crippen LogP contribution in [0, 0.1) is 0 Å². The van der Waals surface area contributed by atoms with Crippen molar-refractivity contribution in [2.75, 3.05) is 26.2 Å². The van der Waals surface area contributed by atoms with Crippen LogP contribution in [0.5, 0.6) is 0 Å². The summed E-state index contributed by atoms with van der Waals surface area (Å²) in [5.74, 6) is 0. The molecule has 0 spiro atoms. The van der Waals surface area contributed by atoms with Gasteiger partial charge in [-0.05, 0) is 30.9 Å². The highest BCUT2D eigenvalue weighted by molar-refractivity contribution is 6.22. The molecular formula is C17H23ClN2. The zero-order valence-electron chi connectivity index (χ0n) is 12.0. The lowest BCUT2D eigenvalue weighted by Crippen LogP contribution is -2.42. The topological polar surface area (TPSA) is 6.48 Å². The highest BCUT2D eigenvalue weighted by atomic mass is 35.5. The predicted molar refractivity (Wildman–Crippen MR) is 84.9 cm³/mol. The van der Waals surface area contributed by atoms with Gasteiger partial charge in [-0.1, -0.05) is 30.3 Å². The Hall–Kier alpha value is -0.990. The van der Waals surface area contributed by atoms with Gasteiger partial charge in [0.2, 0.25) is 0 Å². The summed E-state index contributed by atoms with van der Waals surface area (Å²) in [5, 5.41) is 0.144. The third-order valence-electron chi connectivity index (χ3n) is 4.27. The first-order valence-corrected chi connectivity index (χ1v) is 8.12. The minimum absolute atomic E-state index is 0.144. The Bertz CT molecular complexity index is 451. The molecule has 2 aliphatic rings. The predicted octanol–water partition coefficient (Wildman–Crippen LogP) is 3.48. The van der Waals surface area contributed by atoms with E-state index in [0.717, 1.165) is 19.6 Å². The molecule has 0 bridgehead atoms. The summed E-state index contributed by atoms with van der Waals surface area (Å²) in [6.45, 7) is 5.35. The summed E-state index contributed by atoms with van der Waals surface area (Å²) < 4.78 is 0. The molecule has 3 heteroatoms. The molecule has 1 fully saturated rings. The maximum absolute atomic E-state index is 6.63. The molecule has 20 heavy (non-hydrogen) atoms. The van der Waals surface area contributed by atoms with Gasteiger partial charge in [0.1, 0.15) is 0 Å². The number of hydrogen-bond acceptors (Lipinski definition) is 2. The minimum atomic E-state index is 0.144. The fourth-order valence-corrected chi connectivity index (χ4v) is 3.62. The number of nitrogens with zero attached hydrogens (tertiary/aromatic N) is 2. The second-order valence-electron chi connectivity index (χ2n) is 5.82. The maximum Gasteiger partial charge on any atom is 0.0858 e. The number of piperidine rings is 1. The van der Waals surface area contributed by atoms with Crippen LogP contribution in [0.4, 0.5) is 0 Å². The summed E-state index contributed by atoms with van der Waals surface area (Å²) >= 11 is 6.63. The maximum atomic E-state index is 6.63. The molecule has 0 radical (unpaired) electrons. The summed E-state index contributed by atoms with van der Waals surface area (Å²) in [4.78, 5) is 4.93. The van der Waals surface area contributed by atoms with E-state index in [1.165, 1.54) is 43.6 Å². The van der Waals surface area contributed by atoms with Gasteiger partial charge >= 0.3 is 0 Å². The lowest BCUT2D eigenvalue weighted by atomic mass is 10.1. The van der Waals surface area contributed by atoms with Gasteiger partial charge in [-0.15, -0.1) is 11.6 Å². The Labute approximate surface area is 127 Å². The van der Waals surface area contributed by atoms with Gasteiger partial charge in [0.05, 0.1) is 5.38 Å². The van der Waals surface area contributed by atoms with Crippen molar-refractivity contribution < 1.29 is 0 Å². The molecule has 2 aliphatic heterocycles. The first-order valence-electron chi connectivity index (χ1n) is 7.68. The van der Waals surface area contributed by atoms with E-state index in [2.05, 4.69) is 46.2 Å². The van der Waals surface area contributed by atoms with Gasteiger partial charge in [-0.3, -0.25) is 4.90 Å². The van der Waals surface area contributed by atoms with Crippen molar-refractivity contribution in [3.8, 4) is 0 Å². The second-order valence-corrected chi connectivity index (χ2v) is 6.35. The average molecular weight is 291 g/mol. The van der Waals surface area contributed by atoms with E-state index in [0.29, 0.717) is 0 Å². The van der Waals surface area contributed by atoms with Gasteiger partial charge in [-0.2, -0.15) is 0 Å². The molecule has 0 N–H and O–H groups in total. The molecule has 2 heterocycles. The standard InChI is InChI=1S/C17H23ClN2/c18-16-14-19(13-15-7-3-1-4-8-15)12-9-17(16)20-10-5-2-6-11-20/h1,3-4,7-9,16H,2,5-6,10-14H2. The van der Waals surface area contributed by atoms with Crippen LogP contribution in [0.3, 0.4) is 0 Å². The third kappa shape index (κ3) is 3.36. The zero-order valence-corrected chi connectivity index (χ0v) is 12.7. The second kappa shape index (κ2) is 6.64. The van der Waals surface area contributed by atoms with Crippen LogP contribution >= 0.6 is 11.6 Å². The summed E-state index contributed by atoms with van der Waals surface area (Å²) in [5.41, 5.74) is 2.74. The van der Waals surface area contributed by atoms with Crippen LogP contribution in [-0.4, -0.2) is 41.4 Å². The van der Waals surface area contributed by atoms with Gasteiger partial charge in [0.25, 0.3) is 0 Å². The van der Waals surface area contributed by atoms with Crippen LogP contribution in [0.15, 0.2) is 42.1 Å². The summed E-state index contributed by atoms with van der Waals surface area (Å²) in [7, 11) is 0. The highest BCUT2D eigenvalue weighted by Crippen LogP contribution is 2.25. The Morgan fingerprint density at radius 3 is 2.50 bits per heavy atom. The molecule has 0 saturated carbocycles. The average Bonchev–Trinajstić information content (AvgIpc) is 2.49. The van der Waals surface area contributed by atoms with Gasteiger partial charge in [0.15, 0.2) is 0 Å². The molecule has 1 unspecified atom stereocenters.